The Labute approximate surface area is 254 Å². The first-order valence-corrected chi connectivity index (χ1v) is 17.5. The lowest BCUT2D eigenvalue weighted by Crippen LogP contribution is -2.38. The van der Waals surface area contributed by atoms with Crippen LogP contribution in [0, 0.1) is 5.41 Å². The molecule has 0 amide bonds. The van der Waals surface area contributed by atoms with Gasteiger partial charge in [0.25, 0.3) is 0 Å². The number of anilines is 1. The van der Waals surface area contributed by atoms with Crippen LogP contribution in [-0.2, 0) is 0 Å². The van der Waals surface area contributed by atoms with Crippen LogP contribution in [0.3, 0.4) is 0 Å². The van der Waals surface area contributed by atoms with Gasteiger partial charge < -0.3 is 4.90 Å². The third kappa shape index (κ3) is 12.8. The molecule has 1 unspecified atom stereocenters. The smallest absolute Gasteiger partial charge is 0.105 e. The van der Waals surface area contributed by atoms with Crippen LogP contribution >= 0.6 is 0 Å². The summed E-state index contributed by atoms with van der Waals surface area (Å²) in [6.45, 7) is 10.4. The number of rotatable bonds is 21. The van der Waals surface area contributed by atoms with E-state index >= 15 is 0 Å². The van der Waals surface area contributed by atoms with Gasteiger partial charge in [-0.1, -0.05) is 185 Å². The van der Waals surface area contributed by atoms with E-state index in [4.69, 9.17) is 4.99 Å². The number of hydrogen-bond acceptors (Lipinski definition) is 2. The average molecular weight is 559 g/mol. The van der Waals surface area contributed by atoms with Crippen LogP contribution < -0.4 is 4.90 Å². The molecule has 0 spiro atoms. The van der Waals surface area contributed by atoms with Crippen LogP contribution in [-0.4, -0.2) is 12.4 Å². The number of benzene rings is 2. The first-order chi connectivity index (χ1) is 20.0. The van der Waals surface area contributed by atoms with Crippen molar-refractivity contribution in [3.8, 4) is 0 Å². The maximum Gasteiger partial charge on any atom is 0.105 e. The summed E-state index contributed by atoms with van der Waals surface area (Å²) in [5.74, 6) is 1.26. The Morgan fingerprint density at radius 2 is 1.05 bits per heavy atom. The molecule has 0 saturated heterocycles. The summed E-state index contributed by atoms with van der Waals surface area (Å²) >= 11 is 0. The summed E-state index contributed by atoms with van der Waals surface area (Å²) in [4.78, 5) is 7.95. The second-order valence-corrected chi connectivity index (χ2v) is 13.8. The summed E-state index contributed by atoms with van der Waals surface area (Å²) in [6, 6.07) is 19.9. The molecule has 2 aromatic rings. The minimum atomic E-state index is 0.0984. The molecule has 1 heterocycles. The van der Waals surface area contributed by atoms with Crippen molar-refractivity contribution in [3.63, 3.8) is 0 Å². The predicted molar refractivity (Wildman–Crippen MR) is 182 cm³/mol. The van der Waals surface area contributed by atoms with Crippen molar-refractivity contribution in [3.05, 3.63) is 65.7 Å². The minimum Gasteiger partial charge on any atom is -0.330 e. The van der Waals surface area contributed by atoms with Crippen LogP contribution in [0.4, 0.5) is 5.69 Å². The summed E-state index contributed by atoms with van der Waals surface area (Å²) in [7, 11) is 0. The molecular weight excluding hydrogens is 496 g/mol. The number of unbranched alkanes of at least 4 members (excludes halogenated alkanes) is 17. The van der Waals surface area contributed by atoms with Gasteiger partial charge in [0.1, 0.15) is 11.9 Å². The van der Waals surface area contributed by atoms with Gasteiger partial charge in [-0.2, -0.15) is 0 Å². The average Bonchev–Trinajstić information content (AvgIpc) is 2.96. The van der Waals surface area contributed by atoms with Crippen molar-refractivity contribution in [2.75, 3.05) is 11.4 Å². The maximum atomic E-state index is 5.40. The minimum absolute atomic E-state index is 0.0984. The monoisotopic (exact) mass is 558 g/mol. The molecule has 0 aromatic heterocycles. The number of aliphatic imine (C=N–C) groups is 1. The fourth-order valence-electron chi connectivity index (χ4n) is 6.32. The topological polar surface area (TPSA) is 15.6 Å². The predicted octanol–water partition coefficient (Wildman–Crippen LogP) is 12.5. The van der Waals surface area contributed by atoms with Gasteiger partial charge in [-0.25, -0.2) is 0 Å². The maximum absolute atomic E-state index is 5.40. The molecular formula is C39H62N2. The van der Waals surface area contributed by atoms with Gasteiger partial charge >= 0.3 is 0 Å². The lowest BCUT2D eigenvalue weighted by Gasteiger charge is -2.37. The van der Waals surface area contributed by atoms with Crippen molar-refractivity contribution in [1.29, 1.82) is 0 Å². The van der Waals surface area contributed by atoms with Crippen molar-refractivity contribution >= 4 is 11.5 Å². The van der Waals surface area contributed by atoms with Gasteiger partial charge in [-0.15, -0.1) is 0 Å². The van der Waals surface area contributed by atoms with E-state index in [0.717, 1.165) is 13.0 Å². The molecule has 0 N–H and O–H groups in total. The molecule has 0 fully saturated rings. The SMILES string of the molecule is CCCCCCCCCCCCCCCCCCCCN1C(CC(C)(C)C)=NC(c2ccccc2)c2ccccc21. The van der Waals surface area contributed by atoms with E-state index in [1.54, 1.807) is 0 Å². The number of amidine groups is 1. The molecule has 228 valence electrons. The molecule has 2 heteroatoms. The van der Waals surface area contributed by atoms with Gasteiger partial charge in [0.15, 0.2) is 0 Å². The fourth-order valence-corrected chi connectivity index (χ4v) is 6.32. The highest BCUT2D eigenvalue weighted by molar-refractivity contribution is 6.00. The lowest BCUT2D eigenvalue weighted by molar-refractivity contribution is 0.429. The first-order valence-electron chi connectivity index (χ1n) is 17.5. The van der Waals surface area contributed by atoms with E-state index in [1.165, 1.54) is 138 Å². The quantitative estimate of drug-likeness (QED) is 0.139. The number of fused-ring (bicyclic) bond motifs is 1. The lowest BCUT2D eigenvalue weighted by atomic mass is 9.88. The number of nitrogens with zero attached hydrogens (tertiary/aromatic N) is 2. The Morgan fingerprint density at radius 1 is 0.585 bits per heavy atom. The summed E-state index contributed by atoms with van der Waals surface area (Å²) in [5.41, 5.74) is 4.21. The number of para-hydroxylation sites is 1. The van der Waals surface area contributed by atoms with E-state index < -0.39 is 0 Å². The molecule has 3 rings (SSSR count). The van der Waals surface area contributed by atoms with E-state index in [-0.39, 0.29) is 11.5 Å². The van der Waals surface area contributed by atoms with Crippen LogP contribution in [0.25, 0.3) is 0 Å². The molecule has 1 atom stereocenters. The van der Waals surface area contributed by atoms with Crippen molar-refractivity contribution < 1.29 is 0 Å². The summed E-state index contributed by atoms with van der Waals surface area (Å²) in [5, 5.41) is 0. The molecule has 2 nitrogen and oxygen atoms in total. The second kappa shape index (κ2) is 19.2. The van der Waals surface area contributed by atoms with E-state index in [2.05, 4.69) is 87.2 Å². The molecule has 0 aliphatic carbocycles. The third-order valence-electron chi connectivity index (χ3n) is 8.65. The Hall–Kier alpha value is -2.09. The molecule has 0 radical (unpaired) electrons. The standard InChI is InChI=1S/C39H62N2/c1-5-6-7-8-9-10-11-12-13-14-15-16-17-18-19-20-21-27-32-41-36-31-26-25-30-35(36)38(34-28-23-22-24-29-34)40-37(41)33-39(2,3)4/h22-26,28-31,38H,5-21,27,32-33H2,1-4H3. The second-order valence-electron chi connectivity index (χ2n) is 13.8. The zero-order valence-electron chi connectivity index (χ0n) is 27.3. The Kier molecular flexibility index (Phi) is 15.6. The molecule has 2 aromatic carbocycles. The van der Waals surface area contributed by atoms with Crippen molar-refractivity contribution in [2.45, 2.75) is 156 Å². The molecule has 41 heavy (non-hydrogen) atoms. The van der Waals surface area contributed by atoms with Gasteiger partial charge in [-0.3, -0.25) is 4.99 Å². The van der Waals surface area contributed by atoms with Crippen molar-refractivity contribution in [2.24, 2.45) is 10.4 Å². The summed E-state index contributed by atoms with van der Waals surface area (Å²) in [6.07, 6.45) is 26.5. The summed E-state index contributed by atoms with van der Waals surface area (Å²) < 4.78 is 0. The highest BCUT2D eigenvalue weighted by Crippen LogP contribution is 2.39. The van der Waals surface area contributed by atoms with Gasteiger partial charge in [0, 0.05) is 24.2 Å². The van der Waals surface area contributed by atoms with E-state index in [1.807, 2.05) is 0 Å². The first kappa shape index (κ1) is 33.4. The number of hydrogen-bond donors (Lipinski definition) is 0. The Morgan fingerprint density at radius 3 is 1.56 bits per heavy atom. The fraction of sp³-hybridized carbons (Fsp3) is 0.667. The van der Waals surface area contributed by atoms with E-state index in [9.17, 15) is 0 Å². The van der Waals surface area contributed by atoms with Crippen LogP contribution in [0.15, 0.2) is 59.6 Å². The van der Waals surface area contributed by atoms with E-state index in [0.29, 0.717) is 0 Å². The zero-order chi connectivity index (χ0) is 29.2. The molecule has 1 aliphatic heterocycles. The van der Waals surface area contributed by atoms with Gasteiger partial charge in [-0.05, 0) is 23.5 Å². The molecule has 0 bridgehead atoms. The molecule has 1 aliphatic rings. The Balaban J connectivity index is 1.33. The van der Waals surface area contributed by atoms with Crippen LogP contribution in [0.1, 0.15) is 167 Å². The highest BCUT2D eigenvalue weighted by Gasteiger charge is 2.30. The van der Waals surface area contributed by atoms with Gasteiger partial charge in [0.05, 0.1) is 0 Å². The largest absolute Gasteiger partial charge is 0.330 e. The zero-order valence-corrected chi connectivity index (χ0v) is 27.3. The highest BCUT2D eigenvalue weighted by atomic mass is 15.2. The van der Waals surface area contributed by atoms with Crippen LogP contribution in [0.5, 0.6) is 0 Å². The Bertz CT molecular complexity index is 971. The van der Waals surface area contributed by atoms with Crippen LogP contribution in [0.2, 0.25) is 0 Å². The third-order valence-corrected chi connectivity index (χ3v) is 8.65. The molecule has 0 saturated carbocycles. The normalized spacial score (nSPS) is 15.2. The van der Waals surface area contributed by atoms with Gasteiger partial charge in [0.2, 0.25) is 0 Å². The van der Waals surface area contributed by atoms with Crippen molar-refractivity contribution in [1.82, 2.24) is 0 Å².